The highest BCUT2D eigenvalue weighted by molar-refractivity contribution is 7.89. The molecule has 1 heterocycles. The van der Waals surface area contributed by atoms with Crippen LogP contribution in [-0.4, -0.2) is 25.8 Å². The third kappa shape index (κ3) is 2.00. The number of furan rings is 1. The number of carbonyl (C=O) groups is 3. The van der Waals surface area contributed by atoms with Crippen LogP contribution in [0.3, 0.4) is 0 Å². The number of sulfonamides is 1. The van der Waals surface area contributed by atoms with E-state index in [1.165, 1.54) is 19.1 Å². The van der Waals surface area contributed by atoms with Crippen LogP contribution in [0.5, 0.6) is 0 Å². The maximum Gasteiger partial charge on any atom is 0.238 e. The Balaban J connectivity index is 2.24. The second kappa shape index (κ2) is 4.46. The highest BCUT2D eigenvalue weighted by atomic mass is 32.2. The number of carbonyl (C=O) groups excluding carboxylic acids is 3. The first kappa shape index (κ1) is 14.4. The Hall–Kier alpha value is -2.58. The van der Waals surface area contributed by atoms with Crippen LogP contribution in [0.4, 0.5) is 0 Å². The predicted octanol–water partition coefficient (Wildman–Crippen LogP) is 0.905. The largest absolute Gasteiger partial charge is 0.449 e. The van der Waals surface area contributed by atoms with Crippen LogP contribution < -0.4 is 5.14 Å². The first-order valence-corrected chi connectivity index (χ1v) is 7.66. The van der Waals surface area contributed by atoms with Crippen molar-refractivity contribution in [1.82, 2.24) is 0 Å². The molecule has 0 atom stereocenters. The minimum Gasteiger partial charge on any atom is -0.449 e. The van der Waals surface area contributed by atoms with Gasteiger partial charge in [-0.15, -0.1) is 0 Å². The molecule has 0 spiro atoms. The lowest BCUT2D eigenvalue weighted by molar-refractivity contribution is 0.0947. The molecule has 0 unspecified atom stereocenters. The van der Waals surface area contributed by atoms with E-state index in [1.807, 2.05) is 0 Å². The molecule has 1 aliphatic carbocycles. The van der Waals surface area contributed by atoms with E-state index in [0.29, 0.717) is 0 Å². The molecule has 7 nitrogen and oxygen atoms in total. The second-order valence-electron chi connectivity index (χ2n) is 4.82. The standard InChI is InChI=1S/C14H9NO6S/c1-6(16)11-5-10-12(17)9-4-7(22(15,19)20)2-3-8(9)13(18)14(10)21-11/h2-5H,1H3,(H2,15,19,20). The van der Waals surface area contributed by atoms with Gasteiger partial charge in [-0.25, -0.2) is 13.6 Å². The van der Waals surface area contributed by atoms with Crippen molar-refractivity contribution in [3.05, 3.63) is 52.5 Å². The number of hydrogen-bond acceptors (Lipinski definition) is 6. The molecule has 1 aromatic heterocycles. The molecule has 3 rings (SSSR count). The summed E-state index contributed by atoms with van der Waals surface area (Å²) in [6.07, 6.45) is 0. The number of benzene rings is 1. The highest BCUT2D eigenvalue weighted by Crippen LogP contribution is 2.31. The molecule has 0 saturated carbocycles. The van der Waals surface area contributed by atoms with Gasteiger partial charge in [-0.2, -0.15) is 0 Å². The number of fused-ring (bicyclic) bond motifs is 2. The molecule has 0 fully saturated rings. The van der Waals surface area contributed by atoms with E-state index >= 15 is 0 Å². The quantitative estimate of drug-likeness (QED) is 0.700. The summed E-state index contributed by atoms with van der Waals surface area (Å²) >= 11 is 0. The summed E-state index contributed by atoms with van der Waals surface area (Å²) in [5.74, 6) is -1.93. The summed E-state index contributed by atoms with van der Waals surface area (Å²) in [5, 5.41) is 5.02. The van der Waals surface area contributed by atoms with Crippen molar-refractivity contribution in [3.63, 3.8) is 0 Å². The summed E-state index contributed by atoms with van der Waals surface area (Å²) in [5.41, 5.74) is -0.136. The fourth-order valence-electron chi connectivity index (χ4n) is 2.26. The summed E-state index contributed by atoms with van der Waals surface area (Å²) in [7, 11) is -4.00. The van der Waals surface area contributed by atoms with Crippen molar-refractivity contribution in [3.8, 4) is 0 Å². The lowest BCUT2D eigenvalue weighted by Gasteiger charge is -2.13. The van der Waals surface area contributed by atoms with Gasteiger partial charge in [0.1, 0.15) is 0 Å². The minimum absolute atomic E-state index is 0.00866. The van der Waals surface area contributed by atoms with Crippen LogP contribution in [0, 0.1) is 0 Å². The average molecular weight is 319 g/mol. The SMILES string of the molecule is CC(=O)c1cc2c(o1)C(=O)c1ccc(S(N)(=O)=O)cc1C2=O. The third-order valence-corrected chi connectivity index (χ3v) is 4.25. The number of rotatable bonds is 2. The summed E-state index contributed by atoms with van der Waals surface area (Å²) in [4.78, 5) is 35.8. The minimum atomic E-state index is -4.00. The molecule has 0 amide bonds. The zero-order valence-electron chi connectivity index (χ0n) is 11.2. The Morgan fingerprint density at radius 2 is 1.73 bits per heavy atom. The maximum absolute atomic E-state index is 12.4. The smallest absolute Gasteiger partial charge is 0.238 e. The Labute approximate surface area is 124 Å². The van der Waals surface area contributed by atoms with Gasteiger partial charge < -0.3 is 4.42 Å². The van der Waals surface area contributed by atoms with Crippen LogP contribution in [0.1, 0.15) is 49.5 Å². The zero-order chi connectivity index (χ0) is 16.2. The van der Waals surface area contributed by atoms with Crippen LogP contribution >= 0.6 is 0 Å². The zero-order valence-corrected chi connectivity index (χ0v) is 12.1. The Bertz CT molecular complexity index is 967. The molecular weight excluding hydrogens is 310 g/mol. The van der Waals surface area contributed by atoms with Crippen molar-refractivity contribution in [2.45, 2.75) is 11.8 Å². The molecule has 0 radical (unpaired) electrons. The van der Waals surface area contributed by atoms with E-state index in [-0.39, 0.29) is 33.1 Å². The Morgan fingerprint density at radius 3 is 2.32 bits per heavy atom. The molecule has 1 aliphatic rings. The highest BCUT2D eigenvalue weighted by Gasteiger charge is 2.35. The summed E-state index contributed by atoms with van der Waals surface area (Å²) in [6, 6.07) is 4.58. The molecule has 0 bridgehead atoms. The van der Waals surface area contributed by atoms with E-state index in [4.69, 9.17) is 9.56 Å². The molecule has 0 saturated heterocycles. The number of Topliss-reactive ketones (excluding diaryl/α,β-unsaturated/α-hetero) is 1. The first-order chi connectivity index (χ1) is 10.2. The van der Waals surface area contributed by atoms with Crippen molar-refractivity contribution in [2.24, 2.45) is 5.14 Å². The van der Waals surface area contributed by atoms with E-state index in [0.717, 1.165) is 12.1 Å². The van der Waals surface area contributed by atoms with Gasteiger partial charge in [0, 0.05) is 18.1 Å². The third-order valence-electron chi connectivity index (χ3n) is 3.34. The molecule has 8 heteroatoms. The molecule has 2 N–H and O–H groups in total. The van der Waals surface area contributed by atoms with Gasteiger partial charge in [0.25, 0.3) is 0 Å². The normalized spacial score (nSPS) is 13.7. The molecule has 112 valence electrons. The topological polar surface area (TPSA) is 125 Å². The van der Waals surface area contributed by atoms with Gasteiger partial charge in [-0.05, 0) is 24.3 Å². The van der Waals surface area contributed by atoms with Crippen molar-refractivity contribution < 1.29 is 27.2 Å². The summed E-state index contributed by atoms with van der Waals surface area (Å²) < 4.78 is 27.9. The van der Waals surface area contributed by atoms with E-state index < -0.39 is 27.4 Å². The van der Waals surface area contributed by atoms with Crippen LogP contribution in [0.15, 0.2) is 33.6 Å². The van der Waals surface area contributed by atoms with Crippen LogP contribution in [0.25, 0.3) is 0 Å². The maximum atomic E-state index is 12.4. The average Bonchev–Trinajstić information content (AvgIpc) is 2.89. The lowest BCUT2D eigenvalue weighted by atomic mass is 9.88. The molecule has 2 aromatic rings. The van der Waals surface area contributed by atoms with E-state index in [2.05, 4.69) is 0 Å². The molecular formula is C14H9NO6S. The number of primary sulfonamides is 1. The van der Waals surface area contributed by atoms with Crippen molar-refractivity contribution in [2.75, 3.05) is 0 Å². The van der Waals surface area contributed by atoms with Crippen LogP contribution in [0.2, 0.25) is 0 Å². The molecule has 22 heavy (non-hydrogen) atoms. The van der Waals surface area contributed by atoms with Gasteiger partial charge in [0.15, 0.2) is 23.1 Å². The van der Waals surface area contributed by atoms with E-state index in [9.17, 15) is 22.8 Å². The number of hydrogen-bond donors (Lipinski definition) is 1. The monoisotopic (exact) mass is 319 g/mol. The van der Waals surface area contributed by atoms with Crippen LogP contribution in [-0.2, 0) is 10.0 Å². The van der Waals surface area contributed by atoms with Gasteiger partial charge >= 0.3 is 0 Å². The van der Waals surface area contributed by atoms with Gasteiger partial charge in [0.05, 0.1) is 10.5 Å². The van der Waals surface area contributed by atoms with Gasteiger partial charge in [0.2, 0.25) is 15.8 Å². The first-order valence-electron chi connectivity index (χ1n) is 6.11. The fraction of sp³-hybridized carbons (Fsp3) is 0.0714. The Kier molecular flexibility index (Phi) is 2.91. The van der Waals surface area contributed by atoms with Gasteiger partial charge in [-0.1, -0.05) is 0 Å². The van der Waals surface area contributed by atoms with Crippen molar-refractivity contribution in [1.29, 1.82) is 0 Å². The summed E-state index contributed by atoms with van der Waals surface area (Å²) in [6.45, 7) is 1.24. The predicted molar refractivity (Wildman–Crippen MR) is 73.4 cm³/mol. The number of nitrogens with two attached hydrogens (primary N) is 1. The molecule has 1 aromatic carbocycles. The second-order valence-corrected chi connectivity index (χ2v) is 6.38. The Morgan fingerprint density at radius 1 is 1.05 bits per heavy atom. The van der Waals surface area contributed by atoms with E-state index in [1.54, 1.807) is 0 Å². The number of ketones is 3. The van der Waals surface area contributed by atoms with Crippen molar-refractivity contribution >= 4 is 27.4 Å². The lowest BCUT2D eigenvalue weighted by Crippen LogP contribution is -2.21. The molecule has 0 aliphatic heterocycles. The van der Waals surface area contributed by atoms with Gasteiger partial charge in [-0.3, -0.25) is 14.4 Å². The fourth-order valence-corrected chi connectivity index (χ4v) is 2.80.